The largest absolute Gasteiger partial charge is 0.386 e. The molecular formula is C15H12N2O3. The van der Waals surface area contributed by atoms with Crippen molar-refractivity contribution in [3.8, 4) is 0 Å². The number of carbonyl (C=O) groups is 2. The third kappa shape index (κ3) is 1.51. The number of hydrogen-bond acceptors (Lipinski definition) is 5. The Bertz CT molecular complexity index is 748. The first kappa shape index (κ1) is 11.6. The van der Waals surface area contributed by atoms with Gasteiger partial charge in [-0.05, 0) is 22.4 Å². The Kier molecular flexibility index (Phi) is 2.39. The molecule has 2 aromatic rings. The lowest BCUT2D eigenvalue weighted by Gasteiger charge is -2.13. The number of hydrogen-bond donors (Lipinski definition) is 2. The topological polar surface area (TPSA) is 67.4 Å². The van der Waals surface area contributed by atoms with Gasteiger partial charge in [-0.15, -0.1) is 0 Å². The van der Waals surface area contributed by atoms with Crippen LogP contribution in [0, 0.1) is 0 Å². The van der Waals surface area contributed by atoms with Crippen LogP contribution in [0.2, 0.25) is 0 Å². The van der Waals surface area contributed by atoms with Gasteiger partial charge >= 0.3 is 11.9 Å². The summed E-state index contributed by atoms with van der Waals surface area (Å²) in [7, 11) is 0. The molecule has 4 rings (SSSR count). The van der Waals surface area contributed by atoms with Gasteiger partial charge in [0.15, 0.2) is 0 Å². The smallest absolute Gasteiger partial charge is 0.347 e. The van der Waals surface area contributed by atoms with Crippen LogP contribution in [0.1, 0.15) is 32.2 Å². The number of cyclic esters (lactones) is 2. The minimum absolute atomic E-state index is 0.159. The Balaban J connectivity index is 2.07. The third-order valence-electron chi connectivity index (χ3n) is 3.94. The number of fused-ring (bicyclic) bond motifs is 3. The van der Waals surface area contributed by atoms with E-state index in [1.54, 1.807) is 0 Å². The van der Waals surface area contributed by atoms with Crippen LogP contribution in [0.5, 0.6) is 0 Å². The van der Waals surface area contributed by atoms with Gasteiger partial charge in [0.25, 0.3) is 0 Å². The van der Waals surface area contributed by atoms with E-state index >= 15 is 0 Å². The summed E-state index contributed by atoms with van der Waals surface area (Å²) in [5.41, 5.74) is 7.83. The molecule has 0 aliphatic carbocycles. The first-order valence-electron chi connectivity index (χ1n) is 6.53. The first-order valence-corrected chi connectivity index (χ1v) is 6.53. The number of rotatable bonds is 1. The molecule has 2 aromatic carbocycles. The van der Waals surface area contributed by atoms with Crippen LogP contribution in [-0.2, 0) is 4.74 Å². The summed E-state index contributed by atoms with van der Waals surface area (Å²) in [6.07, 6.45) is 0. The van der Waals surface area contributed by atoms with Gasteiger partial charge in [0, 0.05) is 19.0 Å². The monoisotopic (exact) mass is 268 g/mol. The molecule has 0 bridgehead atoms. The highest BCUT2D eigenvalue weighted by atomic mass is 16.6. The quantitative estimate of drug-likeness (QED) is 0.603. The number of carbonyl (C=O) groups excluding carboxylic acids is 2. The predicted molar refractivity (Wildman–Crippen MR) is 72.4 cm³/mol. The van der Waals surface area contributed by atoms with E-state index in [0.717, 1.165) is 29.4 Å². The fourth-order valence-electron chi connectivity index (χ4n) is 2.99. The fourth-order valence-corrected chi connectivity index (χ4v) is 2.99. The highest BCUT2D eigenvalue weighted by Gasteiger charge is 2.36. The Morgan fingerprint density at radius 3 is 2.50 bits per heavy atom. The van der Waals surface area contributed by atoms with E-state index < -0.39 is 11.9 Å². The highest BCUT2D eigenvalue weighted by Crippen LogP contribution is 2.35. The zero-order valence-corrected chi connectivity index (χ0v) is 10.6. The van der Waals surface area contributed by atoms with E-state index in [0.29, 0.717) is 11.1 Å². The lowest BCUT2D eigenvalue weighted by molar-refractivity contribution is 0.0444. The van der Waals surface area contributed by atoms with Crippen molar-refractivity contribution in [2.75, 3.05) is 13.1 Å². The molecule has 0 radical (unpaired) electrons. The van der Waals surface area contributed by atoms with Crippen molar-refractivity contribution in [3.63, 3.8) is 0 Å². The highest BCUT2D eigenvalue weighted by molar-refractivity contribution is 6.22. The predicted octanol–water partition coefficient (Wildman–Crippen LogP) is 1.34. The number of ether oxygens (including phenoxy) is 1. The van der Waals surface area contributed by atoms with Crippen LogP contribution in [0.3, 0.4) is 0 Å². The number of esters is 2. The lowest BCUT2D eigenvalue weighted by atomic mass is 9.88. The molecule has 2 aliphatic rings. The maximum Gasteiger partial charge on any atom is 0.347 e. The Morgan fingerprint density at radius 2 is 1.70 bits per heavy atom. The molecular weight excluding hydrogens is 256 g/mol. The Hall–Kier alpha value is -2.24. The van der Waals surface area contributed by atoms with E-state index in [2.05, 4.69) is 10.9 Å². The minimum atomic E-state index is -0.540. The second-order valence-corrected chi connectivity index (χ2v) is 5.07. The van der Waals surface area contributed by atoms with Crippen LogP contribution in [-0.4, -0.2) is 25.0 Å². The minimum Gasteiger partial charge on any atom is -0.386 e. The average Bonchev–Trinajstić information content (AvgIpc) is 3.07. The second kappa shape index (κ2) is 4.13. The first-order chi connectivity index (χ1) is 9.75. The van der Waals surface area contributed by atoms with Crippen LogP contribution in [0.4, 0.5) is 0 Å². The van der Waals surface area contributed by atoms with Gasteiger partial charge in [0.2, 0.25) is 0 Å². The zero-order valence-electron chi connectivity index (χ0n) is 10.6. The zero-order chi connectivity index (χ0) is 13.7. The number of benzene rings is 2. The van der Waals surface area contributed by atoms with Gasteiger partial charge in [-0.2, -0.15) is 0 Å². The molecule has 0 saturated carbocycles. The molecule has 0 aromatic heterocycles. The van der Waals surface area contributed by atoms with Gasteiger partial charge < -0.3 is 4.74 Å². The molecule has 2 N–H and O–H groups in total. The van der Waals surface area contributed by atoms with Crippen molar-refractivity contribution >= 4 is 22.7 Å². The molecule has 0 spiro atoms. The van der Waals surface area contributed by atoms with E-state index in [-0.39, 0.29) is 5.92 Å². The molecule has 2 aliphatic heterocycles. The Labute approximate surface area is 114 Å². The van der Waals surface area contributed by atoms with Crippen molar-refractivity contribution in [1.29, 1.82) is 0 Å². The molecule has 5 heteroatoms. The Morgan fingerprint density at radius 1 is 1.00 bits per heavy atom. The van der Waals surface area contributed by atoms with Gasteiger partial charge in [0.05, 0.1) is 11.1 Å². The maximum absolute atomic E-state index is 12.0. The molecule has 0 atom stereocenters. The molecule has 1 saturated heterocycles. The second-order valence-electron chi connectivity index (χ2n) is 5.07. The summed E-state index contributed by atoms with van der Waals surface area (Å²) in [6.45, 7) is 1.46. The summed E-state index contributed by atoms with van der Waals surface area (Å²) < 4.78 is 4.82. The van der Waals surface area contributed by atoms with Gasteiger partial charge in [-0.1, -0.05) is 24.3 Å². The molecule has 2 heterocycles. The molecule has 5 nitrogen and oxygen atoms in total. The lowest BCUT2D eigenvalue weighted by Crippen LogP contribution is -2.21. The van der Waals surface area contributed by atoms with Crippen LogP contribution in [0.15, 0.2) is 30.3 Å². The van der Waals surface area contributed by atoms with Crippen molar-refractivity contribution in [2.24, 2.45) is 0 Å². The van der Waals surface area contributed by atoms with E-state index in [9.17, 15) is 9.59 Å². The van der Waals surface area contributed by atoms with Crippen LogP contribution < -0.4 is 10.9 Å². The fraction of sp³-hybridized carbons (Fsp3) is 0.200. The standard InChI is InChI=1S/C15H12N2O3/c18-14-12-10-4-2-1-3-8(10)5-11(9-6-16-17-7-9)13(12)15(19)20-14/h1-5,9,16-17H,6-7H2. The summed E-state index contributed by atoms with van der Waals surface area (Å²) in [4.78, 5) is 24.0. The number of nitrogens with one attached hydrogen (secondary N) is 2. The summed E-state index contributed by atoms with van der Waals surface area (Å²) in [5, 5.41) is 1.74. The molecule has 1 fully saturated rings. The van der Waals surface area contributed by atoms with Gasteiger partial charge in [0.1, 0.15) is 0 Å². The molecule has 20 heavy (non-hydrogen) atoms. The maximum atomic E-state index is 12.0. The van der Waals surface area contributed by atoms with Gasteiger partial charge in [-0.3, -0.25) is 10.9 Å². The van der Waals surface area contributed by atoms with E-state index in [1.807, 2.05) is 30.3 Å². The van der Waals surface area contributed by atoms with Crippen molar-refractivity contribution in [2.45, 2.75) is 5.92 Å². The number of hydrazine groups is 1. The van der Waals surface area contributed by atoms with E-state index in [4.69, 9.17) is 4.74 Å². The van der Waals surface area contributed by atoms with Gasteiger partial charge in [-0.25, -0.2) is 9.59 Å². The molecule has 100 valence electrons. The van der Waals surface area contributed by atoms with Crippen molar-refractivity contribution in [1.82, 2.24) is 10.9 Å². The van der Waals surface area contributed by atoms with Crippen molar-refractivity contribution in [3.05, 3.63) is 47.0 Å². The SMILES string of the molecule is O=C1OC(=O)c2c1c(C1CNNC1)cc1ccccc21. The van der Waals surface area contributed by atoms with Crippen molar-refractivity contribution < 1.29 is 14.3 Å². The van der Waals surface area contributed by atoms with Crippen LogP contribution >= 0.6 is 0 Å². The normalized spacial score (nSPS) is 18.6. The summed E-state index contributed by atoms with van der Waals surface area (Å²) in [5.74, 6) is -0.911. The molecule has 0 amide bonds. The summed E-state index contributed by atoms with van der Waals surface area (Å²) in [6, 6.07) is 9.57. The average molecular weight is 268 g/mol. The summed E-state index contributed by atoms with van der Waals surface area (Å²) >= 11 is 0. The van der Waals surface area contributed by atoms with Crippen LogP contribution in [0.25, 0.3) is 10.8 Å². The van der Waals surface area contributed by atoms with E-state index in [1.165, 1.54) is 0 Å². The third-order valence-corrected chi connectivity index (χ3v) is 3.94. The molecule has 0 unspecified atom stereocenters.